The van der Waals surface area contributed by atoms with Crippen molar-refractivity contribution in [1.82, 2.24) is 4.90 Å². The van der Waals surface area contributed by atoms with Gasteiger partial charge in [0.15, 0.2) is 0 Å². The van der Waals surface area contributed by atoms with Crippen LogP contribution in [0.4, 0.5) is 13.2 Å². The van der Waals surface area contributed by atoms with Crippen LogP contribution in [0.1, 0.15) is 10.4 Å². The van der Waals surface area contributed by atoms with Crippen molar-refractivity contribution >= 4 is 23.6 Å². The molecule has 0 aromatic heterocycles. The molecule has 1 N–H and O–H groups in total. The number of hydrogen-bond acceptors (Lipinski definition) is 3. The smallest absolute Gasteiger partial charge is 0.446 e. The van der Waals surface area contributed by atoms with Gasteiger partial charge in [-0.3, -0.25) is 9.59 Å². The maximum absolute atomic E-state index is 12.5. The van der Waals surface area contributed by atoms with E-state index in [1.54, 1.807) is 0 Å². The summed E-state index contributed by atoms with van der Waals surface area (Å²) in [6.07, 6.45) is 1.31. The summed E-state index contributed by atoms with van der Waals surface area (Å²) in [4.78, 5) is 23.6. The summed E-state index contributed by atoms with van der Waals surface area (Å²) in [5.41, 5.74) is -4.73. The summed E-state index contributed by atoms with van der Waals surface area (Å²) in [5, 5.41) is 8.75. The van der Waals surface area contributed by atoms with Crippen molar-refractivity contribution in [3.8, 4) is 0 Å². The van der Waals surface area contributed by atoms with E-state index in [1.807, 2.05) is 0 Å². The number of aliphatic carboxylic acids is 1. The Bertz CT molecular complexity index is 546. The minimum absolute atomic E-state index is 0.0733. The number of carbonyl (C=O) groups excluding carboxylic acids is 1. The largest absolute Gasteiger partial charge is 0.480 e. The number of alkyl halides is 3. The predicted molar refractivity (Wildman–Crippen MR) is 72.1 cm³/mol. The van der Waals surface area contributed by atoms with Gasteiger partial charge < -0.3 is 10.0 Å². The van der Waals surface area contributed by atoms with Crippen LogP contribution < -0.4 is 0 Å². The van der Waals surface area contributed by atoms with Crippen molar-refractivity contribution < 1.29 is 27.9 Å². The normalized spacial score (nSPS) is 11.0. The highest BCUT2D eigenvalue weighted by Crippen LogP contribution is 2.38. The maximum Gasteiger partial charge on any atom is 0.446 e. The lowest BCUT2D eigenvalue weighted by atomic mass is 10.2. The van der Waals surface area contributed by atoms with E-state index < -0.39 is 35.7 Å². The second kappa shape index (κ2) is 7.16. The number of nitrogens with zero attached hydrogens (tertiary/aromatic N) is 1. The van der Waals surface area contributed by atoms with Crippen molar-refractivity contribution in [3.63, 3.8) is 0 Å². The van der Waals surface area contributed by atoms with Crippen molar-refractivity contribution in [3.05, 3.63) is 42.5 Å². The van der Waals surface area contributed by atoms with E-state index >= 15 is 0 Å². The molecule has 0 spiro atoms. The lowest BCUT2D eigenvalue weighted by Crippen LogP contribution is -2.36. The first-order chi connectivity index (χ1) is 9.74. The molecule has 0 bridgehead atoms. The molecule has 1 aromatic rings. The van der Waals surface area contributed by atoms with E-state index in [0.717, 1.165) is 11.0 Å². The molecule has 21 heavy (non-hydrogen) atoms. The van der Waals surface area contributed by atoms with E-state index in [4.69, 9.17) is 5.11 Å². The number of carboxylic acids is 1. The Balaban J connectivity index is 3.09. The maximum atomic E-state index is 12.5. The van der Waals surface area contributed by atoms with Crippen LogP contribution >= 0.6 is 11.8 Å². The topological polar surface area (TPSA) is 57.6 Å². The minimum Gasteiger partial charge on any atom is -0.480 e. The van der Waals surface area contributed by atoms with Gasteiger partial charge in [0.1, 0.15) is 6.54 Å². The van der Waals surface area contributed by atoms with E-state index in [9.17, 15) is 22.8 Å². The summed E-state index contributed by atoms with van der Waals surface area (Å²) >= 11 is -0.411. The van der Waals surface area contributed by atoms with Crippen LogP contribution in [0.3, 0.4) is 0 Å². The Hall–Kier alpha value is -1.96. The molecule has 0 atom stereocenters. The number of amides is 1. The Morgan fingerprint density at radius 3 is 2.48 bits per heavy atom. The molecule has 0 unspecified atom stereocenters. The van der Waals surface area contributed by atoms with Gasteiger partial charge in [-0.25, -0.2) is 0 Å². The Morgan fingerprint density at radius 1 is 1.33 bits per heavy atom. The zero-order valence-corrected chi connectivity index (χ0v) is 11.6. The molecule has 0 heterocycles. The van der Waals surface area contributed by atoms with Crippen LogP contribution in [0.2, 0.25) is 0 Å². The lowest BCUT2D eigenvalue weighted by Gasteiger charge is -2.20. The average molecular weight is 319 g/mol. The van der Waals surface area contributed by atoms with Crippen molar-refractivity contribution in [2.45, 2.75) is 10.4 Å². The number of halogens is 3. The van der Waals surface area contributed by atoms with E-state index in [2.05, 4.69) is 6.58 Å². The van der Waals surface area contributed by atoms with Gasteiger partial charge in [-0.05, 0) is 23.9 Å². The van der Waals surface area contributed by atoms with Gasteiger partial charge in [0, 0.05) is 11.4 Å². The fourth-order valence-corrected chi connectivity index (χ4v) is 2.23. The van der Waals surface area contributed by atoms with Crippen molar-refractivity contribution in [2.24, 2.45) is 0 Å². The minimum atomic E-state index is -4.54. The molecule has 0 saturated carbocycles. The first-order valence-electron chi connectivity index (χ1n) is 5.71. The van der Waals surface area contributed by atoms with Crippen LogP contribution in [0.5, 0.6) is 0 Å². The molecule has 0 saturated heterocycles. The lowest BCUT2D eigenvalue weighted by molar-refractivity contribution is -0.137. The average Bonchev–Trinajstić information content (AvgIpc) is 2.35. The van der Waals surface area contributed by atoms with Gasteiger partial charge in [0.25, 0.3) is 5.91 Å². The molecule has 1 aromatic carbocycles. The highest BCUT2D eigenvalue weighted by Gasteiger charge is 2.32. The van der Waals surface area contributed by atoms with E-state index in [0.29, 0.717) is 0 Å². The van der Waals surface area contributed by atoms with Gasteiger partial charge in [-0.1, -0.05) is 18.2 Å². The third-order valence-corrected chi connectivity index (χ3v) is 3.11. The summed E-state index contributed by atoms with van der Waals surface area (Å²) in [6, 6.07) is 5.19. The Morgan fingerprint density at radius 2 is 1.95 bits per heavy atom. The first-order valence-corrected chi connectivity index (χ1v) is 6.53. The zero-order chi connectivity index (χ0) is 16.0. The van der Waals surface area contributed by atoms with Gasteiger partial charge in [0.2, 0.25) is 0 Å². The summed E-state index contributed by atoms with van der Waals surface area (Å²) < 4.78 is 37.4. The molecule has 0 aliphatic rings. The number of benzene rings is 1. The van der Waals surface area contributed by atoms with Crippen LogP contribution in [-0.2, 0) is 4.79 Å². The number of carbonyl (C=O) groups is 2. The van der Waals surface area contributed by atoms with Crippen LogP contribution in [0.25, 0.3) is 0 Å². The SMILES string of the molecule is C=CCN(CC(=O)O)C(=O)c1ccccc1SC(F)(F)F. The molecular weight excluding hydrogens is 307 g/mol. The fourth-order valence-electron chi connectivity index (χ4n) is 1.57. The fraction of sp³-hybridized carbons (Fsp3) is 0.231. The molecule has 114 valence electrons. The predicted octanol–water partition coefficient (Wildman–Crippen LogP) is 3.01. The van der Waals surface area contributed by atoms with E-state index in [-0.39, 0.29) is 17.0 Å². The zero-order valence-electron chi connectivity index (χ0n) is 10.8. The number of thioether (sulfide) groups is 1. The monoisotopic (exact) mass is 319 g/mol. The van der Waals surface area contributed by atoms with Gasteiger partial charge in [-0.15, -0.1) is 6.58 Å². The second-order valence-corrected chi connectivity index (χ2v) is 5.02. The number of hydrogen-bond donors (Lipinski definition) is 1. The Kier molecular flexibility index (Phi) is 5.83. The number of carboxylic acid groups (broad SMARTS) is 1. The first kappa shape index (κ1) is 17.1. The van der Waals surface area contributed by atoms with Gasteiger partial charge >= 0.3 is 11.5 Å². The molecule has 0 aliphatic heterocycles. The van der Waals surface area contributed by atoms with Gasteiger partial charge in [0.05, 0.1) is 5.56 Å². The summed E-state index contributed by atoms with van der Waals surface area (Å²) in [7, 11) is 0. The molecule has 8 heteroatoms. The molecule has 0 fully saturated rings. The summed E-state index contributed by atoms with van der Waals surface area (Å²) in [5.74, 6) is -2.05. The molecule has 4 nitrogen and oxygen atoms in total. The van der Waals surface area contributed by atoms with Crippen LogP contribution in [-0.4, -0.2) is 40.5 Å². The number of rotatable bonds is 6. The summed E-state index contributed by atoms with van der Waals surface area (Å²) in [6.45, 7) is 2.71. The second-order valence-electron chi connectivity index (χ2n) is 3.91. The Labute approximate surface area is 123 Å². The third-order valence-electron chi connectivity index (χ3n) is 2.31. The van der Waals surface area contributed by atoms with Crippen LogP contribution in [0, 0.1) is 0 Å². The van der Waals surface area contributed by atoms with Gasteiger partial charge in [-0.2, -0.15) is 13.2 Å². The molecule has 1 amide bonds. The molecule has 0 radical (unpaired) electrons. The van der Waals surface area contributed by atoms with Crippen LogP contribution in [0.15, 0.2) is 41.8 Å². The molecular formula is C13H12F3NO3S. The highest BCUT2D eigenvalue weighted by atomic mass is 32.2. The van der Waals surface area contributed by atoms with E-state index in [1.165, 1.54) is 24.3 Å². The molecule has 1 rings (SSSR count). The molecule has 0 aliphatic carbocycles. The highest BCUT2D eigenvalue weighted by molar-refractivity contribution is 8.00. The quantitative estimate of drug-likeness (QED) is 0.647. The standard InChI is InChI=1S/C13H12F3NO3S/c1-2-7-17(8-11(18)19)12(20)9-5-3-4-6-10(9)21-13(14,15)16/h2-6H,1,7-8H2,(H,18,19). The van der Waals surface area contributed by atoms with Crippen molar-refractivity contribution in [1.29, 1.82) is 0 Å². The van der Waals surface area contributed by atoms with Crippen molar-refractivity contribution in [2.75, 3.05) is 13.1 Å². The third kappa shape index (κ3) is 5.50.